The number of aromatic amines is 1. The Labute approximate surface area is 111 Å². The highest BCUT2D eigenvalue weighted by Crippen LogP contribution is 2.49. The molecule has 2 aliphatic carbocycles. The largest absolute Gasteiger partial charge is 0.368 e. The van der Waals surface area contributed by atoms with Crippen LogP contribution in [0, 0.1) is 17.8 Å². The number of nitrogens with one attached hydrogen (secondary N) is 2. The fraction of sp³-hybridized carbons (Fsp3) is 0.615. The van der Waals surface area contributed by atoms with Crippen LogP contribution in [0.15, 0.2) is 6.33 Å². The first-order valence-corrected chi connectivity index (χ1v) is 7.02. The molecule has 2 fully saturated rings. The third-order valence-corrected chi connectivity index (χ3v) is 4.26. The van der Waals surface area contributed by atoms with Crippen molar-refractivity contribution < 1.29 is 0 Å². The van der Waals surface area contributed by atoms with Gasteiger partial charge in [-0.3, -0.25) is 0 Å². The summed E-state index contributed by atoms with van der Waals surface area (Å²) in [5.74, 6) is 3.71. The Balaban J connectivity index is 1.55. The lowest BCUT2D eigenvalue weighted by Crippen LogP contribution is -2.19. The van der Waals surface area contributed by atoms with Crippen LogP contribution in [0.1, 0.15) is 25.7 Å². The second-order valence-corrected chi connectivity index (χ2v) is 5.75. The van der Waals surface area contributed by atoms with E-state index in [-0.39, 0.29) is 5.95 Å². The van der Waals surface area contributed by atoms with Gasteiger partial charge in [0.1, 0.15) is 5.52 Å². The third-order valence-electron chi connectivity index (χ3n) is 4.26. The first kappa shape index (κ1) is 11.0. The van der Waals surface area contributed by atoms with Crippen LogP contribution < -0.4 is 11.1 Å². The van der Waals surface area contributed by atoms with Crippen LogP contribution in [0.2, 0.25) is 0 Å². The van der Waals surface area contributed by atoms with Crippen molar-refractivity contribution in [3.05, 3.63) is 6.33 Å². The molecule has 0 saturated heterocycles. The Bertz CT molecular complexity index is 586. The second kappa shape index (κ2) is 4.08. The lowest BCUT2D eigenvalue weighted by Gasteiger charge is -2.16. The van der Waals surface area contributed by atoms with Crippen LogP contribution in [0.4, 0.5) is 11.8 Å². The molecular formula is C13H18N6. The predicted molar refractivity (Wildman–Crippen MR) is 73.5 cm³/mol. The van der Waals surface area contributed by atoms with Crippen molar-refractivity contribution in [3.63, 3.8) is 0 Å². The van der Waals surface area contributed by atoms with Crippen LogP contribution in [0.5, 0.6) is 0 Å². The number of fused-ring (bicyclic) bond motifs is 1. The number of H-pyrrole nitrogens is 1. The summed E-state index contributed by atoms with van der Waals surface area (Å²) in [6.45, 7) is 0.986. The van der Waals surface area contributed by atoms with E-state index in [1.54, 1.807) is 6.33 Å². The molecule has 2 aliphatic rings. The average Bonchev–Trinajstić information content (AvgIpc) is 3.30. The van der Waals surface area contributed by atoms with Crippen molar-refractivity contribution in [3.8, 4) is 0 Å². The number of hydrogen-bond acceptors (Lipinski definition) is 5. The monoisotopic (exact) mass is 258 g/mol. The number of rotatable bonds is 5. The van der Waals surface area contributed by atoms with Gasteiger partial charge in [-0.1, -0.05) is 0 Å². The molecule has 0 amide bonds. The summed E-state index contributed by atoms with van der Waals surface area (Å²) >= 11 is 0. The topological polar surface area (TPSA) is 92.5 Å². The summed E-state index contributed by atoms with van der Waals surface area (Å²) < 4.78 is 0. The van der Waals surface area contributed by atoms with E-state index in [1.807, 2.05) is 0 Å². The molecule has 0 aromatic carbocycles. The summed E-state index contributed by atoms with van der Waals surface area (Å²) in [7, 11) is 0. The van der Waals surface area contributed by atoms with Gasteiger partial charge < -0.3 is 16.0 Å². The molecule has 0 atom stereocenters. The molecule has 0 unspecified atom stereocenters. The maximum Gasteiger partial charge on any atom is 0.224 e. The van der Waals surface area contributed by atoms with Crippen molar-refractivity contribution in [2.75, 3.05) is 17.6 Å². The summed E-state index contributed by atoms with van der Waals surface area (Å²) in [5.41, 5.74) is 7.19. The highest BCUT2D eigenvalue weighted by atomic mass is 15.1. The van der Waals surface area contributed by atoms with Gasteiger partial charge in [0.15, 0.2) is 11.5 Å². The molecule has 6 nitrogen and oxygen atoms in total. The molecule has 6 heteroatoms. The molecule has 2 heterocycles. The van der Waals surface area contributed by atoms with E-state index in [0.29, 0.717) is 5.65 Å². The first-order chi connectivity index (χ1) is 9.31. The highest BCUT2D eigenvalue weighted by Gasteiger charge is 2.41. The van der Waals surface area contributed by atoms with Gasteiger partial charge in [-0.15, -0.1) is 0 Å². The molecule has 0 spiro atoms. The van der Waals surface area contributed by atoms with E-state index in [4.69, 9.17) is 5.73 Å². The number of nitrogen functional groups attached to an aromatic ring is 1. The van der Waals surface area contributed by atoms with E-state index in [9.17, 15) is 0 Å². The van der Waals surface area contributed by atoms with Crippen molar-refractivity contribution in [1.82, 2.24) is 19.9 Å². The fourth-order valence-corrected chi connectivity index (χ4v) is 2.96. The molecule has 100 valence electrons. The molecular weight excluding hydrogens is 240 g/mol. The first-order valence-electron chi connectivity index (χ1n) is 7.02. The number of nitrogens with two attached hydrogens (primary N) is 1. The molecule has 19 heavy (non-hydrogen) atoms. The van der Waals surface area contributed by atoms with Gasteiger partial charge in [-0.25, -0.2) is 4.98 Å². The standard InChI is InChI=1S/C13H18N6/c14-13-18-11(10-12(19-13)17-6-16-10)15-5-9(7-1-2-7)8-3-4-8/h6-9H,1-5H2,(H4,14,15,16,17,18,19). The van der Waals surface area contributed by atoms with Crippen molar-refractivity contribution >= 4 is 22.9 Å². The zero-order chi connectivity index (χ0) is 12.8. The SMILES string of the molecule is Nc1nc(NCC(C2CC2)C2CC2)c2[nH]cnc2n1. The van der Waals surface area contributed by atoms with Gasteiger partial charge in [0.25, 0.3) is 0 Å². The van der Waals surface area contributed by atoms with Gasteiger partial charge in [-0.2, -0.15) is 9.97 Å². The van der Waals surface area contributed by atoms with Crippen LogP contribution in [0.3, 0.4) is 0 Å². The normalized spacial score (nSPS) is 19.2. The molecule has 4 N–H and O–H groups in total. The Hall–Kier alpha value is -1.85. The number of anilines is 2. The van der Waals surface area contributed by atoms with Gasteiger partial charge in [-0.05, 0) is 43.4 Å². The van der Waals surface area contributed by atoms with Crippen molar-refractivity contribution in [2.45, 2.75) is 25.7 Å². The van der Waals surface area contributed by atoms with E-state index in [0.717, 1.165) is 35.6 Å². The second-order valence-electron chi connectivity index (χ2n) is 5.75. The number of hydrogen-bond donors (Lipinski definition) is 3. The minimum Gasteiger partial charge on any atom is -0.368 e. The zero-order valence-electron chi connectivity index (χ0n) is 10.8. The average molecular weight is 258 g/mol. The Morgan fingerprint density at radius 1 is 1.26 bits per heavy atom. The van der Waals surface area contributed by atoms with Gasteiger partial charge in [0.05, 0.1) is 6.33 Å². The molecule has 2 aromatic heterocycles. The molecule has 0 bridgehead atoms. The maximum absolute atomic E-state index is 5.72. The van der Waals surface area contributed by atoms with Crippen LogP contribution in [0.25, 0.3) is 11.2 Å². The number of imidazole rings is 1. The lowest BCUT2D eigenvalue weighted by molar-refractivity contribution is 0.428. The minimum absolute atomic E-state index is 0.275. The quantitative estimate of drug-likeness (QED) is 0.760. The zero-order valence-corrected chi connectivity index (χ0v) is 10.8. The third kappa shape index (κ3) is 2.11. The van der Waals surface area contributed by atoms with Crippen LogP contribution in [-0.2, 0) is 0 Å². The summed E-state index contributed by atoms with van der Waals surface area (Å²) in [6.07, 6.45) is 7.22. The van der Waals surface area contributed by atoms with E-state index < -0.39 is 0 Å². The van der Waals surface area contributed by atoms with Gasteiger partial charge in [0.2, 0.25) is 5.95 Å². The lowest BCUT2D eigenvalue weighted by atomic mass is 9.98. The predicted octanol–water partition coefficient (Wildman–Crippen LogP) is 1.78. The molecule has 2 aromatic rings. The molecule has 0 radical (unpaired) electrons. The molecule has 2 saturated carbocycles. The fourth-order valence-electron chi connectivity index (χ4n) is 2.96. The number of nitrogens with zero attached hydrogens (tertiary/aromatic N) is 3. The van der Waals surface area contributed by atoms with E-state index in [1.165, 1.54) is 25.7 Å². The number of aromatic nitrogens is 4. The van der Waals surface area contributed by atoms with Crippen LogP contribution >= 0.6 is 0 Å². The van der Waals surface area contributed by atoms with Gasteiger partial charge >= 0.3 is 0 Å². The smallest absolute Gasteiger partial charge is 0.224 e. The molecule has 0 aliphatic heterocycles. The summed E-state index contributed by atoms with van der Waals surface area (Å²) in [4.78, 5) is 15.6. The Morgan fingerprint density at radius 2 is 2.00 bits per heavy atom. The highest BCUT2D eigenvalue weighted by molar-refractivity contribution is 5.83. The van der Waals surface area contributed by atoms with E-state index >= 15 is 0 Å². The Morgan fingerprint density at radius 3 is 2.68 bits per heavy atom. The minimum atomic E-state index is 0.275. The molecule has 4 rings (SSSR count). The van der Waals surface area contributed by atoms with Gasteiger partial charge in [0, 0.05) is 6.54 Å². The summed E-state index contributed by atoms with van der Waals surface area (Å²) in [6, 6.07) is 0. The summed E-state index contributed by atoms with van der Waals surface area (Å²) in [5, 5.41) is 3.46. The van der Waals surface area contributed by atoms with E-state index in [2.05, 4.69) is 25.3 Å². The maximum atomic E-state index is 5.72. The van der Waals surface area contributed by atoms with Crippen LogP contribution in [-0.4, -0.2) is 26.5 Å². The van der Waals surface area contributed by atoms with Crippen molar-refractivity contribution in [2.24, 2.45) is 17.8 Å². The van der Waals surface area contributed by atoms with Crippen molar-refractivity contribution in [1.29, 1.82) is 0 Å². The Kier molecular flexibility index (Phi) is 2.36.